The maximum Gasteiger partial charge on any atom is 0.335 e. The summed E-state index contributed by atoms with van der Waals surface area (Å²) in [5.74, 6) is -1.83. The lowest BCUT2D eigenvalue weighted by atomic mass is 9.97. The molecule has 0 bridgehead atoms. The molecule has 1 atom stereocenters. The van der Waals surface area contributed by atoms with Crippen LogP contribution >= 0.6 is 11.6 Å². The van der Waals surface area contributed by atoms with Gasteiger partial charge in [-0.3, -0.25) is 9.52 Å². The first-order valence-electron chi connectivity index (χ1n) is 9.79. The lowest BCUT2D eigenvalue weighted by Gasteiger charge is -2.34. The number of aromatic carboxylic acids is 1. The predicted octanol–water partition coefficient (Wildman–Crippen LogP) is 3.62. The van der Waals surface area contributed by atoms with Gasteiger partial charge in [0.15, 0.2) is 0 Å². The van der Waals surface area contributed by atoms with Crippen LogP contribution in [0.3, 0.4) is 0 Å². The standard InChI is InChI=1S/C21H23ClN2O6S/c1-2-30-21(27)15-6-5-11-24(13-15)18-10-9-14(20(25)26)12-17(18)23-31(28,29)19-8-4-3-7-16(19)22/h3-4,7-10,12,15,23H,2,5-6,11,13H2,1H3,(H,25,26). The second-order valence-corrected chi connectivity index (χ2v) is 9.17. The molecule has 166 valence electrons. The van der Waals surface area contributed by atoms with Crippen molar-refractivity contribution < 1.29 is 27.9 Å². The molecule has 31 heavy (non-hydrogen) atoms. The van der Waals surface area contributed by atoms with Crippen molar-refractivity contribution in [3.63, 3.8) is 0 Å². The van der Waals surface area contributed by atoms with E-state index in [1.165, 1.54) is 24.3 Å². The number of ether oxygens (including phenoxy) is 1. The number of carbonyl (C=O) groups excluding carboxylic acids is 1. The molecule has 1 unspecified atom stereocenters. The van der Waals surface area contributed by atoms with E-state index in [0.29, 0.717) is 31.6 Å². The van der Waals surface area contributed by atoms with Gasteiger partial charge in [-0.1, -0.05) is 23.7 Å². The Morgan fingerprint density at radius 2 is 2.00 bits per heavy atom. The van der Waals surface area contributed by atoms with Gasteiger partial charge in [0.1, 0.15) is 4.90 Å². The molecule has 2 aromatic carbocycles. The molecular weight excluding hydrogens is 444 g/mol. The Bertz CT molecular complexity index is 1090. The van der Waals surface area contributed by atoms with E-state index in [-0.39, 0.29) is 39.7 Å². The van der Waals surface area contributed by atoms with Crippen molar-refractivity contribution in [2.75, 3.05) is 29.3 Å². The molecule has 0 radical (unpaired) electrons. The molecule has 1 aliphatic rings. The maximum atomic E-state index is 13.0. The van der Waals surface area contributed by atoms with Crippen molar-refractivity contribution in [3.05, 3.63) is 53.1 Å². The third kappa shape index (κ3) is 5.29. The zero-order valence-electron chi connectivity index (χ0n) is 16.9. The van der Waals surface area contributed by atoms with Crippen LogP contribution in [0.25, 0.3) is 0 Å². The predicted molar refractivity (Wildman–Crippen MR) is 117 cm³/mol. The number of carboxylic acids is 1. The molecule has 1 fully saturated rings. The Morgan fingerprint density at radius 1 is 1.26 bits per heavy atom. The van der Waals surface area contributed by atoms with Crippen molar-refractivity contribution in [1.82, 2.24) is 0 Å². The third-order valence-electron chi connectivity index (χ3n) is 5.00. The fourth-order valence-corrected chi connectivity index (χ4v) is 5.12. The minimum Gasteiger partial charge on any atom is -0.478 e. The van der Waals surface area contributed by atoms with E-state index in [1.54, 1.807) is 25.1 Å². The van der Waals surface area contributed by atoms with Crippen molar-refractivity contribution in [3.8, 4) is 0 Å². The first-order valence-corrected chi connectivity index (χ1v) is 11.7. The van der Waals surface area contributed by atoms with Gasteiger partial charge in [-0.2, -0.15) is 0 Å². The smallest absolute Gasteiger partial charge is 0.335 e. The van der Waals surface area contributed by atoms with Gasteiger partial charge in [0.25, 0.3) is 10.0 Å². The highest BCUT2D eigenvalue weighted by atomic mass is 35.5. The molecule has 0 spiro atoms. The van der Waals surface area contributed by atoms with Gasteiger partial charge in [-0.25, -0.2) is 13.2 Å². The zero-order chi connectivity index (χ0) is 22.6. The number of nitrogens with zero attached hydrogens (tertiary/aromatic N) is 1. The molecular formula is C21H23ClN2O6S. The van der Waals surface area contributed by atoms with E-state index < -0.39 is 16.0 Å². The van der Waals surface area contributed by atoms with Gasteiger partial charge in [-0.05, 0) is 50.1 Å². The highest BCUT2D eigenvalue weighted by Crippen LogP contribution is 2.34. The number of benzene rings is 2. The van der Waals surface area contributed by atoms with Crippen molar-refractivity contribution in [2.24, 2.45) is 5.92 Å². The van der Waals surface area contributed by atoms with Crippen LogP contribution in [0, 0.1) is 5.92 Å². The maximum absolute atomic E-state index is 13.0. The number of halogens is 1. The third-order valence-corrected chi connectivity index (χ3v) is 6.86. The highest BCUT2D eigenvalue weighted by Gasteiger charge is 2.29. The van der Waals surface area contributed by atoms with Crippen LogP contribution in [0.4, 0.5) is 11.4 Å². The number of hydrogen-bond acceptors (Lipinski definition) is 6. The van der Waals surface area contributed by atoms with Crippen molar-refractivity contribution in [1.29, 1.82) is 0 Å². The van der Waals surface area contributed by atoms with E-state index in [9.17, 15) is 23.1 Å². The summed E-state index contributed by atoms with van der Waals surface area (Å²) >= 11 is 6.05. The molecule has 1 heterocycles. The second kappa shape index (κ2) is 9.57. The summed E-state index contributed by atoms with van der Waals surface area (Å²) in [6.07, 6.45) is 1.38. The molecule has 0 saturated carbocycles. The molecule has 2 aromatic rings. The molecule has 0 aliphatic carbocycles. The van der Waals surface area contributed by atoms with E-state index >= 15 is 0 Å². The molecule has 0 aromatic heterocycles. The monoisotopic (exact) mass is 466 g/mol. The number of esters is 1. The van der Waals surface area contributed by atoms with Crippen LogP contribution < -0.4 is 9.62 Å². The molecule has 8 nitrogen and oxygen atoms in total. The van der Waals surface area contributed by atoms with Crippen LogP contribution in [-0.2, 0) is 19.6 Å². The Balaban J connectivity index is 1.97. The molecule has 1 aliphatic heterocycles. The van der Waals surface area contributed by atoms with E-state index in [4.69, 9.17) is 16.3 Å². The lowest BCUT2D eigenvalue weighted by Crippen LogP contribution is -2.39. The number of anilines is 2. The fourth-order valence-electron chi connectivity index (χ4n) is 3.54. The minimum absolute atomic E-state index is 0.0475. The first-order chi connectivity index (χ1) is 14.7. The van der Waals surface area contributed by atoms with E-state index in [1.807, 2.05) is 4.90 Å². The summed E-state index contributed by atoms with van der Waals surface area (Å²) in [6.45, 7) is 2.95. The van der Waals surface area contributed by atoms with Crippen molar-refractivity contribution >= 4 is 44.9 Å². The average molecular weight is 467 g/mol. The van der Waals surface area contributed by atoms with Crippen molar-refractivity contribution in [2.45, 2.75) is 24.7 Å². The van der Waals surface area contributed by atoms with E-state index in [2.05, 4.69) is 4.72 Å². The second-order valence-electron chi connectivity index (χ2n) is 7.11. The van der Waals surface area contributed by atoms with E-state index in [0.717, 1.165) is 0 Å². The Morgan fingerprint density at radius 3 is 2.68 bits per heavy atom. The first kappa shape index (κ1) is 22.9. The van der Waals surface area contributed by atoms with Gasteiger partial charge < -0.3 is 14.7 Å². The lowest BCUT2D eigenvalue weighted by molar-refractivity contribution is -0.148. The van der Waals surface area contributed by atoms with Gasteiger partial charge in [0.05, 0.1) is 34.5 Å². The largest absolute Gasteiger partial charge is 0.478 e. The van der Waals surface area contributed by atoms with Crippen LogP contribution in [0.5, 0.6) is 0 Å². The summed E-state index contributed by atoms with van der Waals surface area (Å²) in [5, 5.41) is 9.42. The van der Waals surface area contributed by atoms with Crippen LogP contribution in [0.2, 0.25) is 5.02 Å². The Kier molecular flexibility index (Phi) is 7.07. The number of rotatable bonds is 7. The average Bonchev–Trinajstić information content (AvgIpc) is 2.74. The highest BCUT2D eigenvalue weighted by molar-refractivity contribution is 7.92. The normalized spacial score (nSPS) is 16.6. The van der Waals surface area contributed by atoms with Gasteiger partial charge in [0, 0.05) is 13.1 Å². The SMILES string of the molecule is CCOC(=O)C1CCCN(c2ccc(C(=O)O)cc2NS(=O)(=O)c2ccccc2Cl)C1. The Labute approximate surface area is 185 Å². The number of nitrogens with one attached hydrogen (secondary N) is 1. The molecule has 10 heteroatoms. The molecule has 2 N–H and O–H groups in total. The Hall–Kier alpha value is -2.78. The number of sulfonamides is 1. The number of carboxylic acid groups (broad SMARTS) is 1. The number of piperidine rings is 1. The summed E-state index contributed by atoms with van der Waals surface area (Å²) in [5.41, 5.74) is 0.513. The van der Waals surface area contributed by atoms with Crippen LogP contribution in [0.1, 0.15) is 30.1 Å². The molecule has 3 rings (SSSR count). The zero-order valence-corrected chi connectivity index (χ0v) is 18.4. The number of carbonyl (C=O) groups is 2. The fraction of sp³-hybridized carbons (Fsp3) is 0.333. The summed E-state index contributed by atoms with van der Waals surface area (Å²) < 4.78 is 33.5. The minimum atomic E-state index is -4.08. The molecule has 1 saturated heterocycles. The van der Waals surface area contributed by atoms with Gasteiger partial charge >= 0.3 is 11.9 Å². The van der Waals surface area contributed by atoms with Gasteiger partial charge in [0.2, 0.25) is 0 Å². The summed E-state index contributed by atoms with van der Waals surface area (Å²) in [4.78, 5) is 25.4. The number of hydrogen-bond donors (Lipinski definition) is 2. The van der Waals surface area contributed by atoms with Gasteiger partial charge in [-0.15, -0.1) is 0 Å². The topological polar surface area (TPSA) is 113 Å². The summed E-state index contributed by atoms with van der Waals surface area (Å²) in [7, 11) is -4.08. The van der Waals surface area contributed by atoms with Crippen LogP contribution in [0.15, 0.2) is 47.4 Å². The quantitative estimate of drug-likeness (QED) is 0.599. The molecule has 0 amide bonds. The summed E-state index contributed by atoms with van der Waals surface area (Å²) in [6, 6.07) is 10.2. The van der Waals surface area contributed by atoms with Crippen LogP contribution in [-0.4, -0.2) is 45.2 Å².